The zero-order chi connectivity index (χ0) is 15.2. The second-order valence-electron chi connectivity index (χ2n) is 5.17. The summed E-state index contributed by atoms with van der Waals surface area (Å²) in [5, 5.41) is 6.49. The second-order valence-corrected chi connectivity index (χ2v) is 5.58. The number of halogens is 1. The summed E-state index contributed by atoms with van der Waals surface area (Å²) in [4.78, 5) is 25.5. The van der Waals surface area contributed by atoms with Gasteiger partial charge in [0, 0.05) is 12.5 Å². The van der Waals surface area contributed by atoms with E-state index in [0.717, 1.165) is 12.8 Å². The van der Waals surface area contributed by atoms with E-state index in [-0.39, 0.29) is 24.4 Å². The molecule has 1 heterocycles. The van der Waals surface area contributed by atoms with Gasteiger partial charge in [0.2, 0.25) is 11.8 Å². The fourth-order valence-electron chi connectivity index (χ4n) is 2.36. The SMILES string of the molecule is CCCC1CC(=O)N(CC(=O)Nc2ccccc2Cl)CN1. The number of hydrogen-bond acceptors (Lipinski definition) is 3. The number of hydrogen-bond donors (Lipinski definition) is 2. The van der Waals surface area contributed by atoms with Crippen LogP contribution in [0.4, 0.5) is 5.69 Å². The molecule has 2 N–H and O–H groups in total. The van der Waals surface area contributed by atoms with E-state index in [1.165, 1.54) is 4.90 Å². The molecule has 0 saturated carbocycles. The Kier molecular flexibility index (Phi) is 5.59. The van der Waals surface area contributed by atoms with Crippen LogP contribution < -0.4 is 10.6 Å². The maximum absolute atomic E-state index is 12.0. The molecule has 1 aromatic rings. The molecule has 1 saturated heterocycles. The molecule has 0 spiro atoms. The molecular formula is C15H20ClN3O2. The molecule has 21 heavy (non-hydrogen) atoms. The minimum atomic E-state index is -0.243. The summed E-state index contributed by atoms with van der Waals surface area (Å²) in [6.07, 6.45) is 2.47. The largest absolute Gasteiger partial charge is 0.323 e. The van der Waals surface area contributed by atoms with Gasteiger partial charge in [0.1, 0.15) is 6.54 Å². The Balaban J connectivity index is 1.86. The number of nitrogens with one attached hydrogen (secondary N) is 2. The van der Waals surface area contributed by atoms with Crippen molar-refractivity contribution in [1.82, 2.24) is 10.2 Å². The van der Waals surface area contributed by atoms with Crippen molar-refractivity contribution < 1.29 is 9.59 Å². The van der Waals surface area contributed by atoms with Crippen molar-refractivity contribution >= 4 is 29.1 Å². The Morgan fingerprint density at radius 2 is 2.24 bits per heavy atom. The molecule has 0 aliphatic carbocycles. The highest BCUT2D eigenvalue weighted by molar-refractivity contribution is 6.33. The number of nitrogens with zero attached hydrogens (tertiary/aromatic N) is 1. The number of rotatable bonds is 5. The highest BCUT2D eigenvalue weighted by Crippen LogP contribution is 2.20. The smallest absolute Gasteiger partial charge is 0.244 e. The van der Waals surface area contributed by atoms with Crippen LogP contribution in [0.3, 0.4) is 0 Å². The first-order valence-electron chi connectivity index (χ1n) is 7.15. The molecule has 0 radical (unpaired) electrons. The van der Waals surface area contributed by atoms with Crippen LogP contribution in [0, 0.1) is 0 Å². The molecule has 0 bridgehead atoms. The third-order valence-corrected chi connectivity index (χ3v) is 3.79. The molecule has 1 aliphatic heterocycles. The van der Waals surface area contributed by atoms with E-state index in [1.807, 2.05) is 0 Å². The first kappa shape index (κ1) is 15.8. The van der Waals surface area contributed by atoms with Gasteiger partial charge in [-0.25, -0.2) is 0 Å². The average Bonchev–Trinajstić information content (AvgIpc) is 2.45. The summed E-state index contributed by atoms with van der Waals surface area (Å²) in [7, 11) is 0. The van der Waals surface area contributed by atoms with E-state index >= 15 is 0 Å². The topological polar surface area (TPSA) is 61.4 Å². The number of para-hydroxylation sites is 1. The van der Waals surface area contributed by atoms with Gasteiger partial charge in [0.25, 0.3) is 0 Å². The summed E-state index contributed by atoms with van der Waals surface area (Å²) in [5.41, 5.74) is 0.561. The minimum Gasteiger partial charge on any atom is -0.323 e. The van der Waals surface area contributed by atoms with Crippen molar-refractivity contribution in [3.63, 3.8) is 0 Å². The number of carbonyl (C=O) groups is 2. The molecule has 114 valence electrons. The van der Waals surface area contributed by atoms with Gasteiger partial charge in [0.15, 0.2) is 0 Å². The first-order chi connectivity index (χ1) is 10.1. The van der Waals surface area contributed by atoms with Gasteiger partial charge in [-0.1, -0.05) is 37.1 Å². The molecule has 6 heteroatoms. The maximum Gasteiger partial charge on any atom is 0.244 e. The summed E-state index contributed by atoms with van der Waals surface area (Å²) in [6, 6.07) is 7.26. The van der Waals surface area contributed by atoms with Crippen molar-refractivity contribution in [2.45, 2.75) is 32.2 Å². The van der Waals surface area contributed by atoms with Crippen LogP contribution in [0.15, 0.2) is 24.3 Å². The minimum absolute atomic E-state index is 0.0153. The van der Waals surface area contributed by atoms with E-state index in [4.69, 9.17) is 11.6 Å². The predicted molar refractivity (Wildman–Crippen MR) is 83.1 cm³/mol. The van der Waals surface area contributed by atoms with Crippen molar-refractivity contribution in [2.75, 3.05) is 18.5 Å². The monoisotopic (exact) mass is 309 g/mol. The van der Waals surface area contributed by atoms with Crippen LogP contribution in [0.5, 0.6) is 0 Å². The van der Waals surface area contributed by atoms with Crippen LogP contribution in [0.2, 0.25) is 5.02 Å². The number of amides is 2. The van der Waals surface area contributed by atoms with E-state index in [0.29, 0.717) is 23.8 Å². The van der Waals surface area contributed by atoms with Gasteiger partial charge >= 0.3 is 0 Å². The van der Waals surface area contributed by atoms with Crippen molar-refractivity contribution in [2.24, 2.45) is 0 Å². The lowest BCUT2D eigenvalue weighted by Crippen LogP contribution is -2.52. The molecular weight excluding hydrogens is 290 g/mol. The molecule has 1 unspecified atom stereocenters. The van der Waals surface area contributed by atoms with Crippen molar-refractivity contribution in [3.05, 3.63) is 29.3 Å². The van der Waals surface area contributed by atoms with Gasteiger partial charge in [-0.2, -0.15) is 0 Å². The first-order valence-corrected chi connectivity index (χ1v) is 7.53. The lowest BCUT2D eigenvalue weighted by Gasteiger charge is -2.32. The third kappa shape index (κ3) is 4.44. The van der Waals surface area contributed by atoms with Crippen LogP contribution in [-0.2, 0) is 9.59 Å². The lowest BCUT2D eigenvalue weighted by molar-refractivity contribution is -0.138. The van der Waals surface area contributed by atoms with Crippen molar-refractivity contribution in [1.29, 1.82) is 0 Å². The van der Waals surface area contributed by atoms with Crippen molar-refractivity contribution in [3.8, 4) is 0 Å². The molecule has 1 aliphatic rings. The number of anilines is 1. The third-order valence-electron chi connectivity index (χ3n) is 3.46. The standard InChI is InChI=1S/C15H20ClN3O2/c1-2-5-11-8-15(21)19(10-17-11)9-14(20)18-13-7-4-3-6-12(13)16/h3-4,6-7,11,17H,2,5,8-10H2,1H3,(H,18,20). The Bertz CT molecular complexity index is 521. The molecule has 1 atom stereocenters. The quantitative estimate of drug-likeness (QED) is 0.877. The summed E-state index contributed by atoms with van der Waals surface area (Å²) in [6.45, 7) is 2.55. The molecule has 2 amide bonds. The predicted octanol–water partition coefficient (Wildman–Crippen LogP) is 2.23. The molecule has 1 fully saturated rings. The Morgan fingerprint density at radius 3 is 2.90 bits per heavy atom. The van der Waals surface area contributed by atoms with Crippen LogP contribution in [-0.4, -0.2) is 36.0 Å². The maximum atomic E-state index is 12.0. The van der Waals surface area contributed by atoms with Gasteiger partial charge in [-0.15, -0.1) is 0 Å². The molecule has 0 aromatic heterocycles. The van der Waals surface area contributed by atoms with Gasteiger partial charge < -0.3 is 10.2 Å². The summed E-state index contributed by atoms with van der Waals surface area (Å²) in [5.74, 6) is -0.228. The Morgan fingerprint density at radius 1 is 1.48 bits per heavy atom. The Hall–Kier alpha value is -1.59. The number of benzene rings is 1. The van der Waals surface area contributed by atoms with E-state index in [9.17, 15) is 9.59 Å². The van der Waals surface area contributed by atoms with Gasteiger partial charge in [0.05, 0.1) is 17.4 Å². The highest BCUT2D eigenvalue weighted by Gasteiger charge is 2.26. The zero-order valence-corrected chi connectivity index (χ0v) is 12.8. The zero-order valence-electron chi connectivity index (χ0n) is 12.1. The van der Waals surface area contributed by atoms with Crippen LogP contribution in [0.1, 0.15) is 26.2 Å². The van der Waals surface area contributed by atoms with Gasteiger partial charge in [-0.3, -0.25) is 14.9 Å². The highest BCUT2D eigenvalue weighted by atomic mass is 35.5. The summed E-state index contributed by atoms with van der Waals surface area (Å²) < 4.78 is 0. The fraction of sp³-hybridized carbons (Fsp3) is 0.467. The second kappa shape index (κ2) is 7.43. The van der Waals surface area contributed by atoms with E-state index in [2.05, 4.69) is 17.6 Å². The van der Waals surface area contributed by atoms with E-state index in [1.54, 1.807) is 24.3 Å². The fourth-order valence-corrected chi connectivity index (χ4v) is 2.54. The molecule has 1 aromatic carbocycles. The normalized spacial score (nSPS) is 18.7. The Labute approximate surface area is 129 Å². The van der Waals surface area contributed by atoms with E-state index < -0.39 is 0 Å². The van der Waals surface area contributed by atoms with Crippen LogP contribution in [0.25, 0.3) is 0 Å². The lowest BCUT2D eigenvalue weighted by atomic mass is 10.1. The van der Waals surface area contributed by atoms with Gasteiger partial charge in [-0.05, 0) is 18.6 Å². The summed E-state index contributed by atoms with van der Waals surface area (Å²) >= 11 is 5.99. The molecule has 2 rings (SSSR count). The average molecular weight is 310 g/mol. The number of carbonyl (C=O) groups excluding carboxylic acids is 2. The van der Waals surface area contributed by atoms with Crippen LogP contribution >= 0.6 is 11.6 Å². The molecule has 5 nitrogen and oxygen atoms in total.